The topological polar surface area (TPSA) is 75.3 Å². The van der Waals surface area contributed by atoms with E-state index in [1.807, 2.05) is 0 Å². The number of nitrogens with two attached hydrogens (primary N) is 1. The smallest absolute Gasteiger partial charge is 0.404 e. The molecular formula is C3H10Cl2N2O2. The molecule has 0 aliphatic carbocycles. The first-order valence-corrected chi connectivity index (χ1v) is 1.94. The van der Waals surface area contributed by atoms with Crippen LogP contribution in [-0.2, 0) is 0 Å². The Morgan fingerprint density at radius 1 is 1.56 bits per heavy atom. The van der Waals surface area contributed by atoms with E-state index in [1.54, 1.807) is 0 Å². The SMILES string of the molecule is Cl.Cl.NCCNC(=O)O. The Hall–Kier alpha value is -0.190. The minimum atomic E-state index is -1.02. The van der Waals surface area contributed by atoms with E-state index < -0.39 is 6.09 Å². The molecule has 4 nitrogen and oxygen atoms in total. The van der Waals surface area contributed by atoms with Gasteiger partial charge in [-0.25, -0.2) is 4.79 Å². The lowest BCUT2D eigenvalue weighted by Gasteiger charge is -1.92. The van der Waals surface area contributed by atoms with Crippen LogP contribution in [0.25, 0.3) is 0 Å². The number of hydrogen-bond acceptors (Lipinski definition) is 2. The van der Waals surface area contributed by atoms with Crippen LogP contribution in [0.4, 0.5) is 4.79 Å². The van der Waals surface area contributed by atoms with Crippen LogP contribution in [0.15, 0.2) is 0 Å². The highest BCUT2D eigenvalue weighted by atomic mass is 35.5. The molecule has 4 N–H and O–H groups in total. The second kappa shape index (κ2) is 10.7. The molecule has 58 valence electrons. The van der Waals surface area contributed by atoms with Gasteiger partial charge in [-0.2, -0.15) is 0 Å². The van der Waals surface area contributed by atoms with Crippen LogP contribution >= 0.6 is 24.8 Å². The van der Waals surface area contributed by atoms with Crippen molar-refractivity contribution in [2.75, 3.05) is 13.1 Å². The summed E-state index contributed by atoms with van der Waals surface area (Å²) in [6, 6.07) is 0. The molecule has 0 saturated carbocycles. The minimum absolute atomic E-state index is 0. The first-order valence-electron chi connectivity index (χ1n) is 1.94. The summed E-state index contributed by atoms with van der Waals surface area (Å²) in [6.07, 6.45) is -1.02. The molecule has 0 radical (unpaired) electrons. The molecule has 0 rings (SSSR count). The van der Waals surface area contributed by atoms with Crippen LogP contribution in [0.1, 0.15) is 0 Å². The van der Waals surface area contributed by atoms with E-state index in [4.69, 9.17) is 10.8 Å². The van der Waals surface area contributed by atoms with E-state index >= 15 is 0 Å². The summed E-state index contributed by atoms with van der Waals surface area (Å²) < 4.78 is 0. The van der Waals surface area contributed by atoms with E-state index in [0.29, 0.717) is 13.1 Å². The van der Waals surface area contributed by atoms with Crippen molar-refractivity contribution < 1.29 is 9.90 Å². The highest BCUT2D eigenvalue weighted by molar-refractivity contribution is 5.85. The molecule has 0 heterocycles. The van der Waals surface area contributed by atoms with E-state index in [1.165, 1.54) is 0 Å². The molecule has 9 heavy (non-hydrogen) atoms. The molecule has 0 atom stereocenters. The molecule has 0 bridgehead atoms. The summed E-state index contributed by atoms with van der Waals surface area (Å²) in [4.78, 5) is 9.59. The normalized spacial score (nSPS) is 6.33. The molecule has 0 fully saturated rings. The van der Waals surface area contributed by atoms with E-state index in [9.17, 15) is 4.79 Å². The second-order valence-electron chi connectivity index (χ2n) is 1.02. The van der Waals surface area contributed by atoms with Gasteiger partial charge in [0, 0.05) is 13.1 Å². The molecule has 0 unspecified atom stereocenters. The number of hydrogen-bond donors (Lipinski definition) is 3. The van der Waals surface area contributed by atoms with Crippen LogP contribution in [-0.4, -0.2) is 24.3 Å². The Morgan fingerprint density at radius 2 is 2.00 bits per heavy atom. The molecule has 0 aromatic carbocycles. The van der Waals surface area contributed by atoms with Gasteiger partial charge in [-0.3, -0.25) is 0 Å². The Kier molecular flexibility index (Phi) is 19.0. The van der Waals surface area contributed by atoms with Crippen LogP contribution in [0.3, 0.4) is 0 Å². The zero-order chi connectivity index (χ0) is 5.70. The number of nitrogens with one attached hydrogen (secondary N) is 1. The standard InChI is InChI=1S/C3H8N2O2.2ClH/c4-1-2-5-3(6)7;;/h5H,1-2,4H2,(H,6,7);2*1H. The van der Waals surface area contributed by atoms with Crippen LogP contribution in [0.2, 0.25) is 0 Å². The number of halogens is 2. The summed E-state index contributed by atoms with van der Waals surface area (Å²) in [5, 5.41) is 9.96. The fourth-order valence-electron chi connectivity index (χ4n) is 0.179. The van der Waals surface area contributed by atoms with E-state index in [0.717, 1.165) is 0 Å². The van der Waals surface area contributed by atoms with Crippen molar-refractivity contribution in [2.24, 2.45) is 5.73 Å². The molecule has 0 aromatic heterocycles. The molecule has 0 spiro atoms. The number of carboxylic acid groups (broad SMARTS) is 1. The van der Waals surface area contributed by atoms with Gasteiger partial charge in [-0.15, -0.1) is 24.8 Å². The lowest BCUT2D eigenvalue weighted by Crippen LogP contribution is -2.27. The molecule has 0 aliphatic rings. The van der Waals surface area contributed by atoms with E-state index in [2.05, 4.69) is 5.32 Å². The van der Waals surface area contributed by atoms with Gasteiger partial charge in [0.15, 0.2) is 0 Å². The third-order valence-corrected chi connectivity index (χ3v) is 0.421. The summed E-state index contributed by atoms with van der Waals surface area (Å²) in [5.74, 6) is 0. The summed E-state index contributed by atoms with van der Waals surface area (Å²) in [6.45, 7) is 0.682. The predicted molar refractivity (Wildman–Crippen MR) is 39.6 cm³/mol. The van der Waals surface area contributed by atoms with Gasteiger partial charge in [0.25, 0.3) is 0 Å². The van der Waals surface area contributed by atoms with Crippen molar-refractivity contribution in [2.45, 2.75) is 0 Å². The zero-order valence-corrected chi connectivity index (χ0v) is 6.30. The largest absolute Gasteiger partial charge is 0.465 e. The first kappa shape index (κ1) is 15.9. The molecule has 0 aromatic rings. The lowest BCUT2D eigenvalue weighted by atomic mass is 10.7. The number of amides is 1. The van der Waals surface area contributed by atoms with Crippen molar-refractivity contribution in [3.63, 3.8) is 0 Å². The zero-order valence-electron chi connectivity index (χ0n) is 4.66. The Labute approximate surface area is 65.6 Å². The quantitative estimate of drug-likeness (QED) is 0.558. The van der Waals surface area contributed by atoms with Gasteiger partial charge < -0.3 is 16.2 Å². The summed E-state index contributed by atoms with van der Waals surface area (Å²) in [5.41, 5.74) is 4.95. The maximum Gasteiger partial charge on any atom is 0.404 e. The fourth-order valence-corrected chi connectivity index (χ4v) is 0.179. The van der Waals surface area contributed by atoms with Crippen molar-refractivity contribution in [3.8, 4) is 0 Å². The van der Waals surface area contributed by atoms with Gasteiger partial charge in [0.2, 0.25) is 0 Å². The van der Waals surface area contributed by atoms with Crippen LogP contribution < -0.4 is 11.1 Å². The van der Waals surface area contributed by atoms with Crippen molar-refractivity contribution in [3.05, 3.63) is 0 Å². The Morgan fingerprint density at radius 3 is 2.11 bits per heavy atom. The van der Waals surface area contributed by atoms with Gasteiger partial charge in [-0.05, 0) is 0 Å². The second-order valence-corrected chi connectivity index (χ2v) is 1.02. The molecule has 1 amide bonds. The highest BCUT2D eigenvalue weighted by Crippen LogP contribution is 1.54. The van der Waals surface area contributed by atoms with Gasteiger partial charge in [0.1, 0.15) is 0 Å². The van der Waals surface area contributed by atoms with Gasteiger partial charge in [-0.1, -0.05) is 0 Å². The van der Waals surface area contributed by atoms with E-state index in [-0.39, 0.29) is 24.8 Å². The molecule has 0 saturated heterocycles. The predicted octanol–water partition coefficient (Wildman–Crippen LogP) is 0.0563. The monoisotopic (exact) mass is 176 g/mol. The average Bonchev–Trinajstić information content (AvgIpc) is 1.61. The summed E-state index contributed by atoms with van der Waals surface area (Å²) in [7, 11) is 0. The molecule has 0 aliphatic heterocycles. The number of carbonyl (C=O) groups is 1. The molecule has 6 heteroatoms. The molecular weight excluding hydrogens is 167 g/mol. The maximum absolute atomic E-state index is 9.59. The van der Waals surface area contributed by atoms with Crippen LogP contribution in [0.5, 0.6) is 0 Å². The highest BCUT2D eigenvalue weighted by Gasteiger charge is 1.86. The minimum Gasteiger partial charge on any atom is -0.465 e. The third kappa shape index (κ3) is 18.2. The third-order valence-electron chi connectivity index (χ3n) is 0.421. The van der Waals surface area contributed by atoms with Crippen molar-refractivity contribution in [1.29, 1.82) is 0 Å². The average molecular weight is 177 g/mol. The van der Waals surface area contributed by atoms with Gasteiger partial charge >= 0.3 is 6.09 Å². The Bertz CT molecular complexity index is 70.8. The summed E-state index contributed by atoms with van der Waals surface area (Å²) >= 11 is 0. The first-order chi connectivity index (χ1) is 3.27. The van der Waals surface area contributed by atoms with Crippen molar-refractivity contribution in [1.82, 2.24) is 5.32 Å². The number of rotatable bonds is 2. The van der Waals surface area contributed by atoms with Crippen LogP contribution in [0, 0.1) is 0 Å². The van der Waals surface area contributed by atoms with Crippen molar-refractivity contribution >= 4 is 30.9 Å². The Balaban J connectivity index is -0.000000180. The lowest BCUT2D eigenvalue weighted by molar-refractivity contribution is 0.195. The maximum atomic E-state index is 9.59. The van der Waals surface area contributed by atoms with Gasteiger partial charge in [0.05, 0.1) is 0 Å². The fraction of sp³-hybridized carbons (Fsp3) is 0.667.